The van der Waals surface area contributed by atoms with Crippen LogP contribution in [0.15, 0.2) is 97.6 Å². The maximum Gasteiger partial charge on any atom is 2.00 e. The van der Waals surface area contributed by atoms with Crippen molar-refractivity contribution in [3.05, 3.63) is 97.6 Å². The van der Waals surface area contributed by atoms with E-state index in [-0.39, 0.29) is 45.1 Å². The summed E-state index contributed by atoms with van der Waals surface area (Å²) >= 11 is 0. The zero-order valence-electron chi connectivity index (χ0n) is 22.9. The number of pyridine rings is 4. The first kappa shape index (κ1) is 47.2. The molecule has 0 saturated carbocycles. The van der Waals surface area contributed by atoms with Crippen LogP contribution in [-0.2, 0) is 38.9 Å². The van der Waals surface area contributed by atoms with Gasteiger partial charge in [0.1, 0.15) is 0 Å². The van der Waals surface area contributed by atoms with Gasteiger partial charge in [0.15, 0.2) is 0 Å². The minimum absolute atomic E-state index is 0. The molecule has 6 rings (SSSR count). The standard InChI is InChI=1S/2C12H8N2.C2H4O2.2ClHO4.2Cu.2H2O/c2*1-3-9-5-6-10-4-2-8-14-12(10)11(9)13-7-1;1-2(3)4;2*2-1(3,4)5;;;;/h2*1-8H;1H3,(H,3,4);2*(H,2,3,4,5);;;2*1H2/q;;;;;2*+2;;/p-4. The van der Waals surface area contributed by atoms with Crippen molar-refractivity contribution in [1.82, 2.24) is 19.9 Å². The Bertz CT molecular complexity index is 1520. The molecule has 16 nitrogen and oxygen atoms in total. The van der Waals surface area contributed by atoms with E-state index in [2.05, 4.69) is 68.5 Å². The van der Waals surface area contributed by atoms with Crippen LogP contribution in [0.5, 0.6) is 0 Å². The molecule has 0 saturated heterocycles. The number of carboxylic acid groups (broad SMARTS) is 1. The van der Waals surface area contributed by atoms with Gasteiger partial charge in [0.25, 0.3) is 0 Å². The minimum atomic E-state index is -4.94. The molecule has 6 aromatic rings. The van der Waals surface area contributed by atoms with E-state index in [0.29, 0.717) is 0 Å². The van der Waals surface area contributed by atoms with Crippen molar-refractivity contribution in [3.63, 3.8) is 0 Å². The van der Waals surface area contributed by atoms with Crippen molar-refractivity contribution in [1.29, 1.82) is 0 Å². The Hall–Kier alpha value is -3.23. The van der Waals surface area contributed by atoms with E-state index in [9.17, 15) is 0 Å². The van der Waals surface area contributed by atoms with Gasteiger partial charge in [-0.15, -0.1) is 20.5 Å². The Labute approximate surface area is 285 Å². The Morgan fingerprint density at radius 3 is 0.804 bits per heavy atom. The van der Waals surface area contributed by atoms with Crippen LogP contribution in [-0.4, -0.2) is 36.9 Å². The summed E-state index contributed by atoms with van der Waals surface area (Å²) in [6.07, 6.45) is 7.21. The zero-order valence-corrected chi connectivity index (χ0v) is 26.3. The normalized spacial score (nSPS) is 9.76. The average molecular weight is 780 g/mol. The predicted molar refractivity (Wildman–Crippen MR) is 130 cm³/mol. The minimum Gasteiger partial charge on any atom is -0.870 e. The van der Waals surface area contributed by atoms with E-state index in [4.69, 9.17) is 47.2 Å². The van der Waals surface area contributed by atoms with Crippen LogP contribution in [0, 0.1) is 20.5 Å². The molecule has 0 aliphatic heterocycles. The van der Waals surface area contributed by atoms with Crippen molar-refractivity contribution >= 4 is 49.6 Å². The third kappa shape index (κ3) is 18.7. The van der Waals surface area contributed by atoms with Gasteiger partial charge in [-0.1, -0.05) is 48.5 Å². The van der Waals surface area contributed by atoms with E-state index < -0.39 is 26.5 Å². The molecule has 4 heterocycles. The predicted octanol–water partition coefficient (Wildman–Crippen LogP) is -6.20. The van der Waals surface area contributed by atoms with Gasteiger partial charge in [-0.25, -0.2) is 37.3 Å². The third-order valence-electron chi connectivity index (χ3n) is 4.69. The average Bonchev–Trinajstić information content (AvgIpc) is 2.91. The number of aliphatic carboxylic acids is 1. The van der Waals surface area contributed by atoms with Crippen LogP contribution >= 0.6 is 0 Å². The van der Waals surface area contributed by atoms with Crippen molar-refractivity contribution in [2.75, 3.05) is 0 Å². The maximum absolute atomic E-state index is 8.89. The van der Waals surface area contributed by atoms with E-state index >= 15 is 0 Å². The number of fused-ring (bicyclic) bond motifs is 6. The van der Waals surface area contributed by atoms with Crippen LogP contribution < -0.4 is 42.4 Å². The number of carboxylic acids is 1. The number of halogens is 2. The summed E-state index contributed by atoms with van der Waals surface area (Å²) in [7, 11) is -9.89. The molecule has 0 fully saturated rings. The van der Waals surface area contributed by atoms with Crippen LogP contribution in [0.4, 0.5) is 0 Å². The summed E-state index contributed by atoms with van der Waals surface area (Å²) in [6.45, 7) is 0.972. The number of rotatable bonds is 0. The summed E-state index contributed by atoms with van der Waals surface area (Å²) in [5.41, 5.74) is 3.91. The summed E-state index contributed by atoms with van der Waals surface area (Å²) in [4.78, 5) is 26.3. The molecule has 254 valence electrons. The number of hydrogen-bond acceptors (Lipinski definition) is 15. The fourth-order valence-electron chi connectivity index (χ4n) is 3.36. The van der Waals surface area contributed by atoms with Crippen LogP contribution in [0.1, 0.15) is 6.92 Å². The second-order valence-corrected chi connectivity index (χ2v) is 9.19. The molecule has 46 heavy (non-hydrogen) atoms. The molecular weight excluding hydrogens is 758 g/mol. The maximum atomic E-state index is 8.89. The van der Waals surface area contributed by atoms with Gasteiger partial charge in [0.05, 0.1) is 22.1 Å². The van der Waals surface area contributed by atoms with Gasteiger partial charge in [0.2, 0.25) is 0 Å². The fourth-order valence-corrected chi connectivity index (χ4v) is 3.36. The second-order valence-electron chi connectivity index (χ2n) is 7.68. The van der Waals surface area contributed by atoms with Crippen LogP contribution in [0.2, 0.25) is 0 Å². The van der Waals surface area contributed by atoms with Gasteiger partial charge < -0.3 is 20.9 Å². The number of carbonyl (C=O) groups excluding carboxylic acids is 1. The molecule has 2 aromatic carbocycles. The van der Waals surface area contributed by atoms with Crippen molar-refractivity contribution < 1.29 is 113 Å². The molecule has 0 unspecified atom stereocenters. The largest absolute Gasteiger partial charge is 2.00 e. The molecule has 4 aromatic heterocycles. The summed E-state index contributed by atoms with van der Waals surface area (Å²) in [5.74, 6) is -1.08. The monoisotopic (exact) mass is 778 g/mol. The SMILES string of the molecule is CC(=O)[O-].O.[Cu+2].[Cu+2].[O-][Cl+3]([O-])([O-])[O-].[O-][Cl+3]([O-])([O-])[O-].[OH-].c1cnc2c(c1)ccc1cccnc12.c1cnc2c(c1)ccc1cccnc12. The molecule has 20 heteroatoms. The Morgan fingerprint density at radius 1 is 0.500 bits per heavy atom. The van der Waals surface area contributed by atoms with Gasteiger partial charge in [0, 0.05) is 52.3 Å². The van der Waals surface area contributed by atoms with E-state index in [1.54, 1.807) is 24.8 Å². The number of carbonyl (C=O) groups is 1. The molecule has 0 aliphatic rings. The van der Waals surface area contributed by atoms with Crippen LogP contribution in [0.25, 0.3) is 43.6 Å². The number of benzene rings is 2. The summed E-state index contributed by atoms with van der Waals surface area (Å²) in [6, 6.07) is 24.3. The molecule has 0 spiro atoms. The molecule has 0 aliphatic carbocycles. The molecule has 0 amide bonds. The molecular formula is C26H22Cl2Cu2N4O12. The topological polar surface area (TPSA) is 338 Å². The van der Waals surface area contributed by atoms with E-state index in [0.717, 1.165) is 50.5 Å². The third-order valence-corrected chi connectivity index (χ3v) is 4.69. The molecule has 3 N–H and O–H groups in total. The fraction of sp³-hybridized carbons (Fsp3) is 0.0385. The second kappa shape index (κ2) is 22.3. The van der Waals surface area contributed by atoms with Crippen molar-refractivity contribution in [2.45, 2.75) is 6.92 Å². The van der Waals surface area contributed by atoms with E-state index in [1.165, 1.54) is 0 Å². The number of nitrogens with zero attached hydrogens (tertiary/aromatic N) is 4. The molecule has 2 radical (unpaired) electrons. The summed E-state index contributed by atoms with van der Waals surface area (Å²) in [5, 5.41) is 13.4. The Balaban J connectivity index is -0.000000545. The molecule has 0 bridgehead atoms. The quantitative estimate of drug-likeness (QED) is 0.102. The number of hydrogen-bond donors (Lipinski definition) is 0. The first-order chi connectivity index (χ1) is 19.6. The first-order valence-corrected chi connectivity index (χ1v) is 13.7. The van der Waals surface area contributed by atoms with Gasteiger partial charge in [-0.3, -0.25) is 19.9 Å². The zero-order chi connectivity index (χ0) is 31.3. The van der Waals surface area contributed by atoms with E-state index in [1.807, 2.05) is 24.3 Å². The Morgan fingerprint density at radius 2 is 0.652 bits per heavy atom. The van der Waals surface area contributed by atoms with Crippen molar-refractivity contribution in [3.8, 4) is 0 Å². The smallest absolute Gasteiger partial charge is 0.870 e. The molecule has 0 atom stereocenters. The van der Waals surface area contributed by atoms with Gasteiger partial charge in [-0.2, -0.15) is 0 Å². The Kier molecular flexibility index (Phi) is 22.9. The summed E-state index contributed by atoms with van der Waals surface area (Å²) < 4.78 is 67.9. The van der Waals surface area contributed by atoms with Gasteiger partial charge >= 0.3 is 34.1 Å². The van der Waals surface area contributed by atoms with Gasteiger partial charge in [-0.05, 0) is 31.2 Å². The first-order valence-electron chi connectivity index (χ1n) is 11.2. The van der Waals surface area contributed by atoms with Crippen molar-refractivity contribution in [2.24, 2.45) is 0 Å². The number of aromatic nitrogens is 4. The van der Waals surface area contributed by atoms with Crippen LogP contribution in [0.3, 0.4) is 0 Å².